The highest BCUT2D eigenvalue weighted by Crippen LogP contribution is 2.44. The van der Waals surface area contributed by atoms with E-state index in [0.29, 0.717) is 6.04 Å². The highest BCUT2D eigenvalue weighted by atomic mass is 32.1. The Balaban J connectivity index is 1.53. The fourth-order valence-electron chi connectivity index (χ4n) is 3.62. The van der Waals surface area contributed by atoms with Gasteiger partial charge in [-0.25, -0.2) is 0 Å². The SMILES string of the molecule is CN(Cc1ccccc1)C(=S)NC1CC2CCC1C2. The number of rotatable bonds is 3. The Bertz CT molecular complexity index is 445. The smallest absolute Gasteiger partial charge is 0.169 e. The summed E-state index contributed by atoms with van der Waals surface area (Å²) < 4.78 is 0. The Kier molecular flexibility index (Phi) is 3.74. The number of hydrogen-bond acceptors (Lipinski definition) is 1. The third kappa shape index (κ3) is 2.92. The quantitative estimate of drug-likeness (QED) is 0.852. The van der Waals surface area contributed by atoms with Gasteiger partial charge in [0.05, 0.1) is 0 Å². The number of hydrogen-bond donors (Lipinski definition) is 1. The van der Waals surface area contributed by atoms with E-state index in [1.54, 1.807) is 0 Å². The van der Waals surface area contributed by atoms with E-state index in [9.17, 15) is 0 Å². The van der Waals surface area contributed by atoms with Gasteiger partial charge in [-0.15, -0.1) is 0 Å². The lowest BCUT2D eigenvalue weighted by Crippen LogP contribution is -2.44. The summed E-state index contributed by atoms with van der Waals surface area (Å²) in [4.78, 5) is 2.15. The molecule has 3 unspecified atom stereocenters. The van der Waals surface area contributed by atoms with Crippen molar-refractivity contribution in [2.45, 2.75) is 38.3 Å². The normalized spacial score (nSPS) is 28.4. The fraction of sp³-hybridized carbons (Fsp3) is 0.562. The van der Waals surface area contributed by atoms with Crippen LogP contribution in [0.1, 0.15) is 31.2 Å². The van der Waals surface area contributed by atoms with Gasteiger partial charge in [0, 0.05) is 19.6 Å². The minimum Gasteiger partial charge on any atom is -0.360 e. The van der Waals surface area contributed by atoms with Crippen molar-refractivity contribution in [1.29, 1.82) is 0 Å². The Hall–Kier alpha value is -1.09. The van der Waals surface area contributed by atoms with Crippen molar-refractivity contribution in [3.8, 4) is 0 Å². The maximum atomic E-state index is 5.54. The van der Waals surface area contributed by atoms with Gasteiger partial charge in [0.15, 0.2) is 5.11 Å². The van der Waals surface area contributed by atoms with Crippen molar-refractivity contribution >= 4 is 17.3 Å². The molecule has 3 rings (SSSR count). The van der Waals surface area contributed by atoms with Gasteiger partial charge in [0.25, 0.3) is 0 Å². The summed E-state index contributed by atoms with van der Waals surface area (Å²) in [6.07, 6.45) is 5.58. The molecule has 2 saturated carbocycles. The predicted molar refractivity (Wildman–Crippen MR) is 82.9 cm³/mol. The molecule has 3 heteroatoms. The van der Waals surface area contributed by atoms with E-state index in [0.717, 1.165) is 23.5 Å². The van der Waals surface area contributed by atoms with Crippen LogP contribution < -0.4 is 5.32 Å². The zero-order chi connectivity index (χ0) is 13.2. The molecule has 0 radical (unpaired) electrons. The van der Waals surface area contributed by atoms with Crippen LogP contribution in [0.25, 0.3) is 0 Å². The van der Waals surface area contributed by atoms with Gasteiger partial charge >= 0.3 is 0 Å². The molecule has 2 aliphatic carbocycles. The molecule has 2 nitrogen and oxygen atoms in total. The van der Waals surface area contributed by atoms with Crippen molar-refractivity contribution in [3.05, 3.63) is 35.9 Å². The van der Waals surface area contributed by atoms with Crippen molar-refractivity contribution in [1.82, 2.24) is 10.2 Å². The van der Waals surface area contributed by atoms with Gasteiger partial charge in [0.2, 0.25) is 0 Å². The summed E-state index contributed by atoms with van der Waals surface area (Å²) >= 11 is 5.54. The van der Waals surface area contributed by atoms with E-state index >= 15 is 0 Å². The molecule has 102 valence electrons. The Morgan fingerprint density at radius 1 is 1.26 bits per heavy atom. The highest BCUT2D eigenvalue weighted by Gasteiger charge is 2.39. The summed E-state index contributed by atoms with van der Waals surface area (Å²) in [5, 5.41) is 4.49. The van der Waals surface area contributed by atoms with Crippen molar-refractivity contribution < 1.29 is 0 Å². The largest absolute Gasteiger partial charge is 0.360 e. The molecule has 0 amide bonds. The number of nitrogens with one attached hydrogen (secondary N) is 1. The summed E-state index contributed by atoms with van der Waals surface area (Å²) in [5.41, 5.74) is 1.31. The topological polar surface area (TPSA) is 15.3 Å². The third-order valence-corrected chi connectivity index (χ3v) is 5.09. The molecule has 0 spiro atoms. The molecule has 0 heterocycles. The van der Waals surface area contributed by atoms with E-state index in [2.05, 4.69) is 47.6 Å². The average Bonchev–Trinajstić information content (AvgIpc) is 3.02. The van der Waals surface area contributed by atoms with Crippen LogP contribution in [-0.2, 0) is 6.54 Å². The van der Waals surface area contributed by atoms with Gasteiger partial charge in [0.1, 0.15) is 0 Å². The number of fused-ring (bicyclic) bond motifs is 2. The van der Waals surface area contributed by atoms with Crippen molar-refractivity contribution in [2.24, 2.45) is 11.8 Å². The first kappa shape index (κ1) is 12.9. The van der Waals surface area contributed by atoms with Crippen LogP contribution in [0.2, 0.25) is 0 Å². The molecule has 0 saturated heterocycles. The van der Waals surface area contributed by atoms with Gasteiger partial charge in [-0.3, -0.25) is 0 Å². The summed E-state index contributed by atoms with van der Waals surface area (Å²) in [6, 6.07) is 11.1. The van der Waals surface area contributed by atoms with E-state index in [1.807, 2.05) is 0 Å². The van der Waals surface area contributed by atoms with Crippen molar-refractivity contribution in [3.63, 3.8) is 0 Å². The summed E-state index contributed by atoms with van der Waals surface area (Å²) in [7, 11) is 2.08. The zero-order valence-corrected chi connectivity index (χ0v) is 12.3. The molecule has 2 bridgehead atoms. The number of nitrogens with zero attached hydrogens (tertiary/aromatic N) is 1. The molecule has 2 aliphatic rings. The molecule has 1 aromatic rings. The van der Waals surface area contributed by atoms with Crippen LogP contribution in [0.4, 0.5) is 0 Å². The van der Waals surface area contributed by atoms with E-state index in [4.69, 9.17) is 12.2 Å². The molecule has 1 N–H and O–H groups in total. The van der Waals surface area contributed by atoms with Crippen LogP contribution in [0, 0.1) is 11.8 Å². The summed E-state index contributed by atoms with van der Waals surface area (Å²) in [6.45, 7) is 0.882. The first-order valence-corrected chi connectivity index (χ1v) is 7.69. The molecule has 2 fully saturated rings. The predicted octanol–water partition coefficient (Wildman–Crippen LogP) is 3.18. The van der Waals surface area contributed by atoms with Crippen LogP contribution >= 0.6 is 12.2 Å². The lowest BCUT2D eigenvalue weighted by molar-refractivity contribution is 0.373. The van der Waals surface area contributed by atoms with Crippen LogP contribution in [0.5, 0.6) is 0 Å². The molecular weight excluding hydrogens is 252 g/mol. The molecule has 0 aliphatic heterocycles. The first-order valence-electron chi connectivity index (χ1n) is 7.28. The third-order valence-electron chi connectivity index (χ3n) is 4.66. The van der Waals surface area contributed by atoms with E-state index in [1.165, 1.54) is 31.2 Å². The number of thiocarbonyl (C=S) groups is 1. The van der Waals surface area contributed by atoms with Gasteiger partial charge < -0.3 is 10.2 Å². The second kappa shape index (κ2) is 5.49. The fourth-order valence-corrected chi connectivity index (χ4v) is 3.84. The van der Waals surface area contributed by atoms with Crippen molar-refractivity contribution in [2.75, 3.05) is 7.05 Å². The second-order valence-electron chi connectivity index (χ2n) is 6.07. The maximum absolute atomic E-state index is 5.54. The Morgan fingerprint density at radius 2 is 2.05 bits per heavy atom. The average molecular weight is 274 g/mol. The minimum atomic E-state index is 0.629. The molecular formula is C16H22N2S. The first-order chi connectivity index (χ1) is 9.22. The van der Waals surface area contributed by atoms with Gasteiger partial charge in [-0.05, 0) is 48.9 Å². The molecule has 0 aromatic heterocycles. The lowest BCUT2D eigenvalue weighted by Gasteiger charge is -2.28. The van der Waals surface area contributed by atoms with Gasteiger partial charge in [-0.2, -0.15) is 0 Å². The van der Waals surface area contributed by atoms with E-state index in [-0.39, 0.29) is 0 Å². The molecule has 1 aromatic carbocycles. The van der Waals surface area contributed by atoms with Gasteiger partial charge in [-0.1, -0.05) is 36.8 Å². The highest BCUT2D eigenvalue weighted by molar-refractivity contribution is 7.80. The number of benzene rings is 1. The minimum absolute atomic E-state index is 0.629. The molecule has 3 atom stereocenters. The van der Waals surface area contributed by atoms with Crippen LogP contribution in [-0.4, -0.2) is 23.1 Å². The monoisotopic (exact) mass is 274 g/mol. The summed E-state index contributed by atoms with van der Waals surface area (Å²) in [5.74, 6) is 1.83. The molecule has 19 heavy (non-hydrogen) atoms. The maximum Gasteiger partial charge on any atom is 0.169 e. The Labute approximate surface area is 121 Å². The van der Waals surface area contributed by atoms with E-state index < -0.39 is 0 Å². The second-order valence-corrected chi connectivity index (χ2v) is 6.46. The van der Waals surface area contributed by atoms with Crippen LogP contribution in [0.3, 0.4) is 0 Å². The standard InChI is InChI=1S/C16H22N2S/c1-18(11-12-5-3-2-4-6-12)16(19)17-15-10-13-7-8-14(15)9-13/h2-6,13-15H,7-11H2,1H3,(H,17,19). The Morgan fingerprint density at radius 3 is 2.68 bits per heavy atom. The lowest BCUT2D eigenvalue weighted by atomic mass is 9.95. The zero-order valence-electron chi connectivity index (χ0n) is 11.5. The van der Waals surface area contributed by atoms with Crippen LogP contribution in [0.15, 0.2) is 30.3 Å².